The van der Waals surface area contributed by atoms with Crippen LogP contribution < -0.4 is 5.32 Å². The van der Waals surface area contributed by atoms with Crippen molar-refractivity contribution in [3.8, 4) is 0 Å². The summed E-state index contributed by atoms with van der Waals surface area (Å²) in [5, 5.41) is 10.5. The van der Waals surface area contributed by atoms with Crippen molar-refractivity contribution in [3.63, 3.8) is 0 Å². The van der Waals surface area contributed by atoms with Gasteiger partial charge in [-0.2, -0.15) is 13.2 Å². The van der Waals surface area contributed by atoms with Crippen LogP contribution in [-0.4, -0.2) is 53.2 Å². The summed E-state index contributed by atoms with van der Waals surface area (Å²) in [5.74, 6) is -2.19. The zero-order valence-electron chi connectivity index (χ0n) is 15.3. The number of halogens is 3. The first-order valence-corrected chi connectivity index (χ1v) is 8.76. The van der Waals surface area contributed by atoms with E-state index in [1.165, 1.54) is 0 Å². The molecule has 1 saturated heterocycles. The molecule has 9 heteroatoms. The Kier molecular flexibility index (Phi) is 6.46. The lowest BCUT2D eigenvalue weighted by molar-refractivity contribution is -0.192. The highest BCUT2D eigenvalue weighted by atomic mass is 19.4. The smallest absolute Gasteiger partial charge is 0.475 e. The van der Waals surface area contributed by atoms with Crippen LogP contribution in [0.4, 0.5) is 13.2 Å². The minimum Gasteiger partial charge on any atom is -0.475 e. The molecule has 3 rings (SSSR count). The Bertz CT molecular complexity index is 661. The predicted octanol–water partition coefficient (Wildman–Crippen LogP) is 2.62. The molecule has 1 unspecified atom stereocenters. The summed E-state index contributed by atoms with van der Waals surface area (Å²) in [6.45, 7) is 4.21. The molecule has 1 spiro atoms. The molecule has 150 valence electrons. The van der Waals surface area contributed by atoms with Crippen molar-refractivity contribution < 1.29 is 27.9 Å². The Morgan fingerprint density at radius 3 is 2.30 bits per heavy atom. The molecule has 0 aromatic carbocycles. The Balaban J connectivity index is 0.000000321. The average Bonchev–Trinajstić information content (AvgIpc) is 3.33. The minimum atomic E-state index is -5.08. The van der Waals surface area contributed by atoms with Crippen LogP contribution in [0.1, 0.15) is 37.8 Å². The summed E-state index contributed by atoms with van der Waals surface area (Å²) in [5.41, 5.74) is 1.46. The number of rotatable bonds is 3. The number of piperidine rings is 1. The van der Waals surface area contributed by atoms with Crippen molar-refractivity contribution in [1.29, 1.82) is 0 Å². The highest BCUT2D eigenvalue weighted by molar-refractivity contribution is 5.83. The van der Waals surface area contributed by atoms with Gasteiger partial charge in [0.15, 0.2) is 0 Å². The molecular formula is C18H24F3N3O3. The Morgan fingerprint density at radius 2 is 1.81 bits per heavy atom. The molecule has 6 nitrogen and oxygen atoms in total. The molecule has 1 aromatic rings. The molecule has 1 amide bonds. The minimum absolute atomic E-state index is 0.116. The van der Waals surface area contributed by atoms with Gasteiger partial charge in [0.25, 0.3) is 0 Å². The van der Waals surface area contributed by atoms with Crippen LogP contribution in [0.25, 0.3) is 0 Å². The topological polar surface area (TPSA) is 82.5 Å². The van der Waals surface area contributed by atoms with E-state index < -0.39 is 12.1 Å². The van der Waals surface area contributed by atoms with E-state index in [4.69, 9.17) is 9.90 Å². The number of aromatic nitrogens is 1. The molecule has 2 aliphatic rings. The first-order valence-electron chi connectivity index (χ1n) is 8.76. The van der Waals surface area contributed by atoms with E-state index in [1.807, 2.05) is 24.1 Å². The normalized spacial score (nSPS) is 21.6. The van der Waals surface area contributed by atoms with Crippen LogP contribution >= 0.6 is 0 Å². The Morgan fingerprint density at radius 1 is 1.30 bits per heavy atom. The third kappa shape index (κ3) is 5.18. The zero-order chi connectivity index (χ0) is 20.2. The maximum Gasteiger partial charge on any atom is 0.490 e. The molecule has 1 saturated carbocycles. The summed E-state index contributed by atoms with van der Waals surface area (Å²) in [6.07, 6.45) is 1.88. The third-order valence-corrected chi connectivity index (χ3v) is 5.45. The van der Waals surface area contributed by atoms with E-state index in [0.717, 1.165) is 37.9 Å². The number of aliphatic carboxylic acids is 1. The molecular weight excluding hydrogens is 363 g/mol. The first kappa shape index (κ1) is 21.1. The molecule has 2 N–H and O–H groups in total. The second-order valence-electron chi connectivity index (χ2n) is 7.08. The fourth-order valence-electron chi connectivity index (χ4n) is 3.48. The van der Waals surface area contributed by atoms with Gasteiger partial charge in [-0.05, 0) is 62.4 Å². The molecule has 1 aromatic heterocycles. The summed E-state index contributed by atoms with van der Waals surface area (Å²) in [4.78, 5) is 27.5. The lowest BCUT2D eigenvalue weighted by atomic mass is 9.91. The maximum atomic E-state index is 12.7. The number of nitrogens with one attached hydrogen (secondary N) is 1. The molecule has 1 aliphatic heterocycles. The van der Waals surface area contributed by atoms with Gasteiger partial charge in [-0.15, -0.1) is 0 Å². The highest BCUT2D eigenvalue weighted by Gasteiger charge is 2.58. The zero-order valence-corrected chi connectivity index (χ0v) is 15.3. The van der Waals surface area contributed by atoms with Crippen molar-refractivity contribution in [3.05, 3.63) is 30.1 Å². The van der Waals surface area contributed by atoms with Crippen LogP contribution in [-0.2, 0) is 9.59 Å². The summed E-state index contributed by atoms with van der Waals surface area (Å²) >= 11 is 0. The fourth-order valence-corrected chi connectivity index (χ4v) is 3.48. The van der Waals surface area contributed by atoms with Gasteiger partial charge >= 0.3 is 12.1 Å². The second kappa shape index (κ2) is 8.24. The molecule has 0 bridgehead atoms. The van der Waals surface area contributed by atoms with Gasteiger partial charge in [-0.3, -0.25) is 9.78 Å². The lowest BCUT2D eigenvalue weighted by Gasteiger charge is -2.28. The molecule has 2 fully saturated rings. The highest BCUT2D eigenvalue weighted by Crippen LogP contribution is 2.59. The van der Waals surface area contributed by atoms with Crippen LogP contribution in [0.2, 0.25) is 0 Å². The number of pyridine rings is 1. The van der Waals surface area contributed by atoms with Gasteiger partial charge < -0.3 is 15.3 Å². The number of hydrogen-bond donors (Lipinski definition) is 2. The summed E-state index contributed by atoms with van der Waals surface area (Å²) in [7, 11) is 1.93. The van der Waals surface area contributed by atoms with Crippen LogP contribution in [0.5, 0.6) is 0 Å². The largest absolute Gasteiger partial charge is 0.490 e. The number of amides is 1. The van der Waals surface area contributed by atoms with E-state index >= 15 is 0 Å². The molecule has 27 heavy (non-hydrogen) atoms. The molecule has 2 heterocycles. The molecule has 2 atom stereocenters. The van der Waals surface area contributed by atoms with Crippen LogP contribution in [0, 0.1) is 11.3 Å². The number of carbonyl (C=O) groups excluding carboxylic acids is 1. The van der Waals surface area contributed by atoms with Gasteiger partial charge in [0.05, 0.1) is 6.04 Å². The third-order valence-electron chi connectivity index (χ3n) is 5.45. The van der Waals surface area contributed by atoms with Crippen LogP contribution in [0.3, 0.4) is 0 Å². The van der Waals surface area contributed by atoms with E-state index in [9.17, 15) is 18.0 Å². The van der Waals surface area contributed by atoms with Crippen LogP contribution in [0.15, 0.2) is 24.5 Å². The van der Waals surface area contributed by atoms with Crippen molar-refractivity contribution in [2.24, 2.45) is 11.3 Å². The van der Waals surface area contributed by atoms with Gasteiger partial charge in [-0.1, -0.05) is 0 Å². The maximum absolute atomic E-state index is 12.7. The second-order valence-corrected chi connectivity index (χ2v) is 7.08. The van der Waals surface area contributed by atoms with Gasteiger partial charge in [0.2, 0.25) is 5.91 Å². The quantitative estimate of drug-likeness (QED) is 0.833. The molecule has 1 aliphatic carbocycles. The summed E-state index contributed by atoms with van der Waals surface area (Å²) < 4.78 is 31.7. The number of hydrogen-bond acceptors (Lipinski definition) is 4. The van der Waals surface area contributed by atoms with Crippen molar-refractivity contribution >= 4 is 11.9 Å². The van der Waals surface area contributed by atoms with Gasteiger partial charge in [-0.25, -0.2) is 4.79 Å². The Hall–Kier alpha value is -2.16. The monoisotopic (exact) mass is 387 g/mol. The van der Waals surface area contributed by atoms with Crippen molar-refractivity contribution in [2.45, 2.75) is 38.4 Å². The number of carbonyl (C=O) groups is 2. The lowest BCUT2D eigenvalue weighted by Crippen LogP contribution is -2.35. The van der Waals surface area contributed by atoms with Gasteiger partial charge in [0, 0.05) is 25.4 Å². The van der Waals surface area contributed by atoms with Gasteiger partial charge in [0.1, 0.15) is 0 Å². The average molecular weight is 387 g/mol. The van der Waals surface area contributed by atoms with E-state index in [0.29, 0.717) is 11.3 Å². The number of alkyl halides is 3. The van der Waals surface area contributed by atoms with E-state index in [-0.39, 0.29) is 12.0 Å². The van der Waals surface area contributed by atoms with E-state index in [1.54, 1.807) is 12.4 Å². The number of carboxylic acids is 1. The Labute approximate surface area is 155 Å². The standard InChI is InChI=1S/C16H23N3O.C2HF3O2/c1-12(13-3-7-17-8-4-13)19(2)15(20)14-11-16(14)5-9-18-10-6-16;3-2(4,5)1(6)7/h3-4,7-8,12,14,18H,5-6,9-11H2,1-2H3;(H,6,7)/t12-,14?;/m0./s1. The SMILES string of the molecule is C[C@@H](c1ccncc1)N(C)C(=O)C1CC12CCNCC2.O=C(O)C(F)(F)F. The van der Waals surface area contributed by atoms with E-state index in [2.05, 4.69) is 17.2 Å². The number of carboxylic acid groups (broad SMARTS) is 1. The fraction of sp³-hybridized carbons (Fsp3) is 0.611. The molecule has 0 radical (unpaired) electrons. The van der Waals surface area contributed by atoms with Crippen molar-refractivity contribution in [2.75, 3.05) is 20.1 Å². The summed E-state index contributed by atoms with van der Waals surface area (Å²) in [6, 6.07) is 4.09. The number of nitrogens with zero attached hydrogens (tertiary/aromatic N) is 2. The predicted molar refractivity (Wildman–Crippen MR) is 91.8 cm³/mol. The first-order chi connectivity index (χ1) is 12.6. The van der Waals surface area contributed by atoms with Crippen molar-refractivity contribution in [1.82, 2.24) is 15.2 Å².